The number of carboxylic acids is 1. The summed E-state index contributed by atoms with van der Waals surface area (Å²) in [4.78, 5) is 24.6. The molecule has 0 unspecified atom stereocenters. The summed E-state index contributed by atoms with van der Waals surface area (Å²) in [6.07, 6.45) is 2.53. The highest BCUT2D eigenvalue weighted by molar-refractivity contribution is 6.09. The third-order valence-electron chi connectivity index (χ3n) is 4.70. The molecule has 1 aromatic heterocycles. The molecule has 7 heteroatoms. The van der Waals surface area contributed by atoms with Crippen molar-refractivity contribution in [3.8, 4) is 11.5 Å². The second kappa shape index (κ2) is 7.57. The van der Waals surface area contributed by atoms with Crippen LogP contribution in [0, 0.1) is 0 Å². The van der Waals surface area contributed by atoms with Crippen LogP contribution in [0.15, 0.2) is 36.1 Å². The first-order valence-corrected chi connectivity index (χ1v) is 8.54. The summed E-state index contributed by atoms with van der Waals surface area (Å²) >= 11 is 0. The maximum atomic E-state index is 12.9. The predicted octanol–water partition coefficient (Wildman–Crippen LogP) is 3.21. The summed E-state index contributed by atoms with van der Waals surface area (Å²) in [5, 5.41) is 19.0. The molecule has 0 atom stereocenters. The number of nitrogens with zero attached hydrogens (tertiary/aromatic N) is 1. The van der Waals surface area contributed by atoms with Gasteiger partial charge in [-0.3, -0.25) is 4.79 Å². The molecule has 0 fully saturated rings. The number of fused-ring (bicyclic) bond motifs is 1. The molecule has 1 aromatic carbocycles. The number of aryl methyl sites for hydroxylation is 1. The largest absolute Gasteiger partial charge is 0.515 e. The number of aliphatic hydroxyl groups is 1. The Labute approximate surface area is 156 Å². The van der Waals surface area contributed by atoms with Crippen molar-refractivity contribution in [2.45, 2.75) is 25.8 Å². The van der Waals surface area contributed by atoms with Crippen molar-refractivity contribution in [1.82, 2.24) is 4.57 Å². The number of hydrogen-bond acceptors (Lipinski definition) is 5. The van der Waals surface area contributed by atoms with E-state index in [9.17, 15) is 19.8 Å². The lowest BCUT2D eigenvalue weighted by molar-refractivity contribution is 0.0685. The van der Waals surface area contributed by atoms with Crippen LogP contribution < -0.4 is 9.47 Å². The lowest BCUT2D eigenvalue weighted by atomic mass is 10.1. The van der Waals surface area contributed by atoms with E-state index in [1.165, 1.54) is 18.8 Å². The number of allylic oxidation sites excluding steroid dienone is 1. The molecule has 1 aliphatic rings. The number of methoxy groups -OCH3 is 2. The Morgan fingerprint density at radius 1 is 1.15 bits per heavy atom. The zero-order valence-electron chi connectivity index (χ0n) is 15.2. The Hall–Kier alpha value is -3.22. The second-order valence-corrected chi connectivity index (χ2v) is 6.35. The molecular weight excluding hydrogens is 350 g/mol. The van der Waals surface area contributed by atoms with Gasteiger partial charge < -0.3 is 24.3 Å². The fourth-order valence-corrected chi connectivity index (χ4v) is 3.40. The van der Waals surface area contributed by atoms with Gasteiger partial charge in [-0.25, -0.2) is 4.79 Å². The number of rotatable bonds is 5. The molecule has 0 amide bonds. The molecule has 27 heavy (non-hydrogen) atoms. The molecule has 1 heterocycles. The Balaban J connectivity index is 2.14. The molecule has 1 aliphatic carbocycles. The Morgan fingerprint density at radius 2 is 1.81 bits per heavy atom. The van der Waals surface area contributed by atoms with E-state index >= 15 is 0 Å². The van der Waals surface area contributed by atoms with Crippen LogP contribution in [-0.2, 0) is 13.0 Å². The smallest absolute Gasteiger partial charge is 0.352 e. The number of ketones is 1. The summed E-state index contributed by atoms with van der Waals surface area (Å²) in [6, 6.07) is 6.80. The zero-order chi connectivity index (χ0) is 19.6. The van der Waals surface area contributed by atoms with Crippen LogP contribution in [0.2, 0.25) is 0 Å². The van der Waals surface area contributed by atoms with Gasteiger partial charge in [0, 0.05) is 18.2 Å². The van der Waals surface area contributed by atoms with Crippen molar-refractivity contribution in [3.05, 3.63) is 58.6 Å². The van der Waals surface area contributed by atoms with Gasteiger partial charge in [-0.05, 0) is 48.6 Å². The fourth-order valence-electron chi connectivity index (χ4n) is 3.40. The third kappa shape index (κ3) is 3.53. The van der Waals surface area contributed by atoms with Crippen LogP contribution in [0.4, 0.5) is 0 Å². The summed E-state index contributed by atoms with van der Waals surface area (Å²) in [5.41, 5.74) is 2.05. The number of aromatic nitrogens is 1. The van der Waals surface area contributed by atoms with Gasteiger partial charge in [0.1, 0.15) is 17.2 Å². The Morgan fingerprint density at radius 3 is 2.37 bits per heavy atom. The number of carbonyl (C=O) groups is 2. The molecule has 2 aromatic rings. The lowest BCUT2D eigenvalue weighted by Gasteiger charge is -2.14. The molecule has 3 rings (SSSR count). The van der Waals surface area contributed by atoms with Crippen molar-refractivity contribution in [3.63, 3.8) is 0 Å². The van der Waals surface area contributed by atoms with Crippen LogP contribution in [-0.4, -0.2) is 40.8 Å². The van der Waals surface area contributed by atoms with Gasteiger partial charge in [-0.2, -0.15) is 0 Å². The van der Waals surface area contributed by atoms with Gasteiger partial charge in [0.25, 0.3) is 0 Å². The lowest BCUT2D eigenvalue weighted by Crippen LogP contribution is -2.17. The minimum absolute atomic E-state index is 0.0364. The molecular formula is C20H21NO6. The summed E-state index contributed by atoms with van der Waals surface area (Å²) in [7, 11) is 3.07. The topological polar surface area (TPSA) is 98.0 Å². The number of carbonyl (C=O) groups excluding carboxylic acids is 1. The van der Waals surface area contributed by atoms with E-state index in [4.69, 9.17) is 9.47 Å². The standard InChI is InChI=1S/C20H21NO6/c1-26-15-6-12(7-16(9-15)27-2)10-21-17(20(24)25)8-13-4-3-5-14(11-22)19(23)18(13)21/h6-9,11,22H,3-5,10H2,1-2H3,(H,24,25)/b14-11+. The van der Waals surface area contributed by atoms with E-state index in [0.29, 0.717) is 42.0 Å². The molecule has 0 bridgehead atoms. The van der Waals surface area contributed by atoms with Crippen molar-refractivity contribution < 1.29 is 29.3 Å². The Kier molecular flexibility index (Phi) is 5.21. The highest BCUT2D eigenvalue weighted by Crippen LogP contribution is 2.30. The molecule has 7 nitrogen and oxygen atoms in total. The van der Waals surface area contributed by atoms with Crippen LogP contribution in [0.5, 0.6) is 11.5 Å². The average molecular weight is 371 g/mol. The Bertz CT molecular complexity index is 903. The van der Waals surface area contributed by atoms with Crippen LogP contribution in [0.25, 0.3) is 0 Å². The number of ether oxygens (including phenoxy) is 2. The van der Waals surface area contributed by atoms with Crippen LogP contribution in [0.3, 0.4) is 0 Å². The number of hydrogen-bond donors (Lipinski definition) is 2. The number of Topliss-reactive ketones (excluding diaryl/α,β-unsaturated/α-hetero) is 1. The first-order valence-electron chi connectivity index (χ1n) is 8.54. The minimum atomic E-state index is -1.11. The van der Waals surface area contributed by atoms with Crippen molar-refractivity contribution in [2.75, 3.05) is 14.2 Å². The monoisotopic (exact) mass is 371 g/mol. The van der Waals surface area contributed by atoms with Gasteiger partial charge in [0.2, 0.25) is 5.78 Å². The summed E-state index contributed by atoms with van der Waals surface area (Å²) in [6.45, 7) is 0.162. The molecule has 0 saturated heterocycles. The average Bonchev–Trinajstić information content (AvgIpc) is 2.94. The first kappa shape index (κ1) is 18.6. The highest BCUT2D eigenvalue weighted by Gasteiger charge is 2.28. The summed E-state index contributed by atoms with van der Waals surface area (Å²) < 4.78 is 12.0. The van der Waals surface area contributed by atoms with E-state index in [1.54, 1.807) is 24.3 Å². The van der Waals surface area contributed by atoms with Gasteiger partial charge in [-0.1, -0.05) is 0 Å². The van der Waals surface area contributed by atoms with Crippen molar-refractivity contribution in [2.24, 2.45) is 0 Å². The van der Waals surface area contributed by atoms with Gasteiger partial charge >= 0.3 is 5.97 Å². The van der Waals surface area contributed by atoms with E-state index in [-0.39, 0.29) is 23.6 Å². The molecule has 0 saturated carbocycles. The van der Waals surface area contributed by atoms with Crippen molar-refractivity contribution in [1.29, 1.82) is 0 Å². The van der Waals surface area contributed by atoms with E-state index in [2.05, 4.69) is 0 Å². The molecule has 2 N–H and O–H groups in total. The number of aliphatic hydroxyl groups excluding tert-OH is 1. The summed E-state index contributed by atoms with van der Waals surface area (Å²) in [5.74, 6) is -0.309. The number of benzene rings is 1. The third-order valence-corrected chi connectivity index (χ3v) is 4.70. The predicted molar refractivity (Wildman–Crippen MR) is 98.0 cm³/mol. The molecule has 0 radical (unpaired) electrons. The maximum absolute atomic E-state index is 12.9. The number of aromatic carboxylic acids is 1. The molecule has 0 aliphatic heterocycles. The van der Waals surface area contributed by atoms with E-state index < -0.39 is 5.97 Å². The van der Waals surface area contributed by atoms with E-state index in [1.807, 2.05) is 0 Å². The first-order chi connectivity index (χ1) is 13.0. The second-order valence-electron chi connectivity index (χ2n) is 6.35. The minimum Gasteiger partial charge on any atom is -0.515 e. The molecule has 142 valence electrons. The van der Waals surface area contributed by atoms with E-state index in [0.717, 1.165) is 11.8 Å². The van der Waals surface area contributed by atoms with Crippen LogP contribution in [0.1, 0.15) is 44.9 Å². The maximum Gasteiger partial charge on any atom is 0.352 e. The van der Waals surface area contributed by atoms with Gasteiger partial charge in [0.15, 0.2) is 0 Å². The fraction of sp³-hybridized carbons (Fsp3) is 0.300. The zero-order valence-corrected chi connectivity index (χ0v) is 15.2. The number of carboxylic acid groups (broad SMARTS) is 1. The quantitative estimate of drug-likeness (QED) is 0.476. The SMILES string of the molecule is COc1cc(Cn2c(C(=O)O)cc3c2C(=O)/C(=C/O)CCC3)cc(OC)c1. The van der Waals surface area contributed by atoms with Crippen molar-refractivity contribution >= 4 is 11.8 Å². The van der Waals surface area contributed by atoms with Gasteiger partial charge in [-0.15, -0.1) is 0 Å². The normalized spacial score (nSPS) is 15.3. The van der Waals surface area contributed by atoms with Crippen LogP contribution >= 0.6 is 0 Å². The highest BCUT2D eigenvalue weighted by atomic mass is 16.5. The molecule has 0 spiro atoms. The van der Waals surface area contributed by atoms with Gasteiger partial charge in [0.05, 0.1) is 26.2 Å².